The van der Waals surface area contributed by atoms with Gasteiger partial charge in [0, 0.05) is 12.2 Å². The van der Waals surface area contributed by atoms with Gasteiger partial charge in [-0.05, 0) is 43.5 Å². The molecule has 0 aliphatic carbocycles. The van der Waals surface area contributed by atoms with Crippen LogP contribution in [0.3, 0.4) is 0 Å². The Kier molecular flexibility index (Phi) is 4.23. The van der Waals surface area contributed by atoms with Crippen LogP contribution in [0.5, 0.6) is 0 Å². The van der Waals surface area contributed by atoms with Gasteiger partial charge in [0.1, 0.15) is 0 Å². The Morgan fingerprint density at radius 2 is 1.79 bits per heavy atom. The molecule has 19 heavy (non-hydrogen) atoms. The molecular formula is C17H21NO. The molecule has 0 heterocycles. The van der Waals surface area contributed by atoms with Crippen molar-refractivity contribution in [1.82, 2.24) is 0 Å². The summed E-state index contributed by atoms with van der Waals surface area (Å²) in [5, 5.41) is 13.5. The Balaban J connectivity index is 2.04. The van der Waals surface area contributed by atoms with Gasteiger partial charge in [0.2, 0.25) is 0 Å². The Bertz CT molecular complexity index is 563. The molecule has 0 amide bonds. The van der Waals surface area contributed by atoms with E-state index in [-0.39, 0.29) is 0 Å². The van der Waals surface area contributed by atoms with Gasteiger partial charge in [0.15, 0.2) is 0 Å². The van der Waals surface area contributed by atoms with Crippen molar-refractivity contribution >= 4 is 5.69 Å². The van der Waals surface area contributed by atoms with Crippen LogP contribution in [0.25, 0.3) is 0 Å². The number of aliphatic hydroxyl groups excluding tert-OH is 1. The van der Waals surface area contributed by atoms with Crippen molar-refractivity contribution in [2.24, 2.45) is 0 Å². The van der Waals surface area contributed by atoms with Crippen LogP contribution in [-0.4, -0.2) is 11.7 Å². The number of nitrogens with one attached hydrogen (secondary N) is 1. The number of benzene rings is 2. The van der Waals surface area contributed by atoms with Crippen LogP contribution >= 0.6 is 0 Å². The number of hydrogen-bond acceptors (Lipinski definition) is 2. The molecule has 2 nitrogen and oxygen atoms in total. The predicted octanol–water partition coefficient (Wildman–Crippen LogP) is 3.76. The van der Waals surface area contributed by atoms with Crippen LogP contribution in [0.2, 0.25) is 0 Å². The molecule has 0 saturated heterocycles. The van der Waals surface area contributed by atoms with Crippen molar-refractivity contribution < 1.29 is 5.11 Å². The number of aryl methyl sites for hydroxylation is 2. The molecule has 2 aromatic rings. The van der Waals surface area contributed by atoms with Gasteiger partial charge in [0.05, 0.1) is 6.10 Å². The van der Waals surface area contributed by atoms with Gasteiger partial charge >= 0.3 is 0 Å². The summed E-state index contributed by atoms with van der Waals surface area (Å²) in [5.41, 5.74) is 5.71. The maximum absolute atomic E-state index is 10.2. The van der Waals surface area contributed by atoms with E-state index in [4.69, 9.17) is 0 Å². The molecule has 2 rings (SSSR count). The van der Waals surface area contributed by atoms with Crippen molar-refractivity contribution in [3.8, 4) is 0 Å². The Labute approximate surface area is 115 Å². The van der Waals surface area contributed by atoms with Crippen LogP contribution in [0.15, 0.2) is 42.5 Å². The monoisotopic (exact) mass is 255 g/mol. The third-order valence-corrected chi connectivity index (χ3v) is 3.52. The van der Waals surface area contributed by atoms with Crippen molar-refractivity contribution in [3.63, 3.8) is 0 Å². The second-order valence-corrected chi connectivity index (χ2v) is 5.06. The molecular weight excluding hydrogens is 234 g/mol. The molecule has 100 valence electrons. The van der Waals surface area contributed by atoms with Gasteiger partial charge in [-0.25, -0.2) is 0 Å². The smallest absolute Gasteiger partial charge is 0.0962 e. The topological polar surface area (TPSA) is 32.3 Å². The van der Waals surface area contributed by atoms with Crippen LogP contribution in [0.4, 0.5) is 5.69 Å². The fourth-order valence-electron chi connectivity index (χ4n) is 2.14. The molecule has 0 fully saturated rings. The minimum atomic E-state index is -0.486. The largest absolute Gasteiger partial charge is 0.387 e. The second kappa shape index (κ2) is 5.89. The zero-order valence-electron chi connectivity index (χ0n) is 11.8. The molecule has 2 aromatic carbocycles. The van der Waals surface area contributed by atoms with Gasteiger partial charge in [-0.3, -0.25) is 0 Å². The van der Waals surface area contributed by atoms with Crippen molar-refractivity contribution in [1.29, 1.82) is 0 Å². The van der Waals surface area contributed by atoms with E-state index < -0.39 is 6.10 Å². The predicted molar refractivity (Wildman–Crippen MR) is 80.5 cm³/mol. The molecule has 0 spiro atoms. The van der Waals surface area contributed by atoms with E-state index >= 15 is 0 Å². The Morgan fingerprint density at radius 1 is 1.05 bits per heavy atom. The van der Waals surface area contributed by atoms with E-state index in [1.54, 1.807) is 0 Å². The molecule has 0 bridgehead atoms. The molecule has 0 aliphatic rings. The molecule has 0 aromatic heterocycles. The average Bonchev–Trinajstić information content (AvgIpc) is 2.40. The third-order valence-electron chi connectivity index (χ3n) is 3.52. The number of anilines is 1. The van der Waals surface area contributed by atoms with Crippen LogP contribution in [0, 0.1) is 20.8 Å². The number of hydrogen-bond donors (Lipinski definition) is 2. The molecule has 0 saturated carbocycles. The average molecular weight is 255 g/mol. The summed E-state index contributed by atoms with van der Waals surface area (Å²) in [4.78, 5) is 0. The summed E-state index contributed by atoms with van der Waals surface area (Å²) in [6, 6.07) is 14.2. The van der Waals surface area contributed by atoms with Crippen molar-refractivity contribution in [2.75, 3.05) is 11.9 Å². The highest BCUT2D eigenvalue weighted by Gasteiger charge is 2.08. The van der Waals surface area contributed by atoms with Gasteiger partial charge in [-0.1, -0.05) is 42.0 Å². The Hall–Kier alpha value is -1.80. The molecule has 1 unspecified atom stereocenters. The molecule has 0 aliphatic heterocycles. The highest BCUT2D eigenvalue weighted by molar-refractivity contribution is 5.53. The maximum Gasteiger partial charge on any atom is 0.0962 e. The van der Waals surface area contributed by atoms with E-state index in [2.05, 4.69) is 25.2 Å². The first-order valence-corrected chi connectivity index (χ1v) is 6.62. The van der Waals surface area contributed by atoms with Crippen molar-refractivity contribution in [3.05, 3.63) is 64.7 Å². The standard InChI is InChI=1S/C17H21NO/c1-12-6-4-8-15(10-12)17(19)11-18-16-9-5-7-13(2)14(16)3/h4-10,17-19H,11H2,1-3H3. The normalized spacial score (nSPS) is 12.2. The van der Waals surface area contributed by atoms with Crippen LogP contribution in [0.1, 0.15) is 28.4 Å². The third kappa shape index (κ3) is 3.36. The van der Waals surface area contributed by atoms with E-state index in [0.29, 0.717) is 6.54 Å². The summed E-state index contributed by atoms with van der Waals surface area (Å²) in [6.07, 6.45) is -0.486. The molecule has 1 atom stereocenters. The number of rotatable bonds is 4. The highest BCUT2D eigenvalue weighted by Crippen LogP contribution is 2.20. The first-order chi connectivity index (χ1) is 9.08. The lowest BCUT2D eigenvalue weighted by Gasteiger charge is -2.16. The summed E-state index contributed by atoms with van der Waals surface area (Å²) in [5.74, 6) is 0. The summed E-state index contributed by atoms with van der Waals surface area (Å²) in [6.45, 7) is 6.75. The van der Waals surface area contributed by atoms with Gasteiger partial charge in [-0.2, -0.15) is 0 Å². The lowest BCUT2D eigenvalue weighted by atomic mass is 10.1. The molecule has 0 radical (unpaired) electrons. The van der Waals surface area contributed by atoms with Crippen LogP contribution < -0.4 is 5.32 Å². The second-order valence-electron chi connectivity index (χ2n) is 5.06. The summed E-state index contributed by atoms with van der Waals surface area (Å²) in [7, 11) is 0. The minimum Gasteiger partial charge on any atom is -0.387 e. The van der Waals surface area contributed by atoms with Crippen molar-refractivity contribution in [2.45, 2.75) is 26.9 Å². The van der Waals surface area contributed by atoms with Crippen LogP contribution in [-0.2, 0) is 0 Å². The van der Waals surface area contributed by atoms with E-state index in [9.17, 15) is 5.11 Å². The fraction of sp³-hybridized carbons (Fsp3) is 0.294. The molecule has 2 heteroatoms. The zero-order chi connectivity index (χ0) is 13.8. The van der Waals surface area contributed by atoms with E-state index in [1.807, 2.05) is 43.3 Å². The Morgan fingerprint density at radius 3 is 2.53 bits per heavy atom. The lowest BCUT2D eigenvalue weighted by Crippen LogP contribution is -2.13. The maximum atomic E-state index is 10.2. The van der Waals surface area contributed by atoms with Gasteiger partial charge < -0.3 is 10.4 Å². The minimum absolute atomic E-state index is 0.486. The van der Waals surface area contributed by atoms with Gasteiger partial charge in [0.25, 0.3) is 0 Å². The SMILES string of the molecule is Cc1cccc(C(O)CNc2cccc(C)c2C)c1. The van der Waals surface area contributed by atoms with E-state index in [0.717, 1.165) is 11.3 Å². The lowest BCUT2D eigenvalue weighted by molar-refractivity contribution is 0.191. The van der Waals surface area contributed by atoms with Gasteiger partial charge in [-0.15, -0.1) is 0 Å². The molecule has 2 N–H and O–H groups in total. The summed E-state index contributed by atoms with van der Waals surface area (Å²) >= 11 is 0. The fourth-order valence-corrected chi connectivity index (χ4v) is 2.14. The summed E-state index contributed by atoms with van der Waals surface area (Å²) < 4.78 is 0. The first-order valence-electron chi connectivity index (χ1n) is 6.62. The highest BCUT2D eigenvalue weighted by atomic mass is 16.3. The zero-order valence-corrected chi connectivity index (χ0v) is 11.8. The number of aliphatic hydroxyl groups is 1. The first kappa shape index (κ1) is 13.6. The van der Waals surface area contributed by atoms with E-state index in [1.165, 1.54) is 16.7 Å². The quantitative estimate of drug-likeness (QED) is 0.872.